The molecule has 0 aliphatic rings. The van der Waals surface area contributed by atoms with Crippen molar-refractivity contribution in [2.24, 2.45) is 0 Å². The zero-order chi connectivity index (χ0) is 14.1. The van der Waals surface area contributed by atoms with Crippen LogP contribution in [0.25, 0.3) is 0 Å². The van der Waals surface area contributed by atoms with Crippen molar-refractivity contribution in [1.29, 1.82) is 0 Å². The minimum atomic E-state index is -0.910. The molecule has 0 aromatic heterocycles. The molecule has 5 heteroatoms. The van der Waals surface area contributed by atoms with Crippen LogP contribution in [0.4, 0.5) is 0 Å². The first kappa shape index (κ1) is 16.4. The molecular formula is C13H22N2O3. The summed E-state index contributed by atoms with van der Waals surface area (Å²) in [6.07, 6.45) is 3.73. The topological polar surface area (TPSA) is 60.9 Å². The predicted molar refractivity (Wildman–Crippen MR) is 71.3 cm³/mol. The first-order valence-corrected chi connectivity index (χ1v) is 5.90. The van der Waals surface area contributed by atoms with Crippen LogP contribution in [0.2, 0.25) is 0 Å². The Hall–Kier alpha value is -1.62. The van der Waals surface area contributed by atoms with Gasteiger partial charge in [-0.05, 0) is 13.5 Å². The number of hydrogen-bond acceptors (Lipinski definition) is 3. The van der Waals surface area contributed by atoms with Crippen molar-refractivity contribution >= 4 is 11.9 Å². The fraction of sp³-hybridized carbons (Fsp3) is 0.538. The van der Waals surface area contributed by atoms with Gasteiger partial charge in [0.1, 0.15) is 6.04 Å². The Morgan fingerprint density at radius 2 is 1.78 bits per heavy atom. The summed E-state index contributed by atoms with van der Waals surface area (Å²) < 4.78 is 0. The molecule has 1 N–H and O–H groups in total. The number of carbonyl (C=O) groups excluding carboxylic acids is 1. The molecule has 0 saturated heterocycles. The number of carboxylic acid groups (broad SMARTS) is 1. The number of amides is 1. The molecule has 0 aliphatic carbocycles. The van der Waals surface area contributed by atoms with E-state index in [0.29, 0.717) is 19.5 Å². The van der Waals surface area contributed by atoms with E-state index in [1.807, 2.05) is 0 Å². The van der Waals surface area contributed by atoms with E-state index in [2.05, 4.69) is 13.2 Å². The van der Waals surface area contributed by atoms with Crippen molar-refractivity contribution in [2.75, 3.05) is 26.7 Å². The first-order valence-electron chi connectivity index (χ1n) is 5.90. The summed E-state index contributed by atoms with van der Waals surface area (Å²) in [6, 6.07) is -0.636. The largest absolute Gasteiger partial charge is 0.480 e. The second-order valence-electron chi connectivity index (χ2n) is 4.05. The molecule has 0 aromatic rings. The molecule has 0 rings (SSSR count). The summed E-state index contributed by atoms with van der Waals surface area (Å²) >= 11 is 0. The van der Waals surface area contributed by atoms with Crippen LogP contribution in [0.15, 0.2) is 25.3 Å². The molecule has 0 saturated carbocycles. The van der Waals surface area contributed by atoms with Gasteiger partial charge >= 0.3 is 5.97 Å². The normalized spacial score (nSPS) is 11.9. The van der Waals surface area contributed by atoms with Crippen molar-refractivity contribution < 1.29 is 14.7 Å². The molecule has 1 atom stereocenters. The summed E-state index contributed by atoms with van der Waals surface area (Å²) in [5, 5.41) is 9.00. The zero-order valence-electron chi connectivity index (χ0n) is 11.1. The Morgan fingerprint density at radius 1 is 1.28 bits per heavy atom. The highest BCUT2D eigenvalue weighted by atomic mass is 16.4. The van der Waals surface area contributed by atoms with Gasteiger partial charge in [0.05, 0.1) is 6.54 Å². The number of nitrogens with zero attached hydrogens (tertiary/aromatic N) is 2. The van der Waals surface area contributed by atoms with Crippen LogP contribution in [-0.2, 0) is 9.59 Å². The molecule has 1 amide bonds. The molecule has 102 valence electrons. The van der Waals surface area contributed by atoms with E-state index in [-0.39, 0.29) is 12.5 Å². The molecule has 0 fully saturated rings. The van der Waals surface area contributed by atoms with Crippen molar-refractivity contribution in [2.45, 2.75) is 19.4 Å². The van der Waals surface area contributed by atoms with E-state index in [1.54, 1.807) is 35.9 Å². The van der Waals surface area contributed by atoms with Crippen LogP contribution in [-0.4, -0.2) is 59.5 Å². The average molecular weight is 254 g/mol. The van der Waals surface area contributed by atoms with E-state index >= 15 is 0 Å². The number of likely N-dealkylation sites (N-methyl/N-ethyl adjacent to an activating group) is 1. The van der Waals surface area contributed by atoms with Crippen LogP contribution in [0.1, 0.15) is 13.3 Å². The molecule has 1 unspecified atom stereocenters. The van der Waals surface area contributed by atoms with Crippen molar-refractivity contribution in [3.63, 3.8) is 0 Å². The SMILES string of the molecule is C=CCN(CC=C)C(=O)CN(C)C(CC)C(=O)O. The fourth-order valence-electron chi connectivity index (χ4n) is 1.69. The molecule has 0 heterocycles. The number of carbonyl (C=O) groups is 2. The first-order chi connectivity index (χ1) is 8.47. The van der Waals surface area contributed by atoms with Crippen LogP contribution < -0.4 is 0 Å². The second-order valence-corrected chi connectivity index (χ2v) is 4.05. The third-order valence-corrected chi connectivity index (χ3v) is 2.64. The minimum absolute atomic E-state index is 0.0759. The lowest BCUT2D eigenvalue weighted by molar-refractivity contribution is -0.144. The number of rotatable bonds is 9. The van der Waals surface area contributed by atoms with Crippen molar-refractivity contribution in [1.82, 2.24) is 9.80 Å². The van der Waals surface area contributed by atoms with Gasteiger partial charge in [-0.2, -0.15) is 0 Å². The highest BCUT2D eigenvalue weighted by Gasteiger charge is 2.23. The lowest BCUT2D eigenvalue weighted by Crippen LogP contribution is -2.45. The van der Waals surface area contributed by atoms with E-state index in [4.69, 9.17) is 5.11 Å². The zero-order valence-corrected chi connectivity index (χ0v) is 11.1. The molecule has 0 spiro atoms. The Labute approximate surface area is 108 Å². The van der Waals surface area contributed by atoms with Crippen molar-refractivity contribution in [3.05, 3.63) is 25.3 Å². The lowest BCUT2D eigenvalue weighted by atomic mass is 10.2. The van der Waals surface area contributed by atoms with Gasteiger partial charge in [0.15, 0.2) is 0 Å². The maximum absolute atomic E-state index is 12.0. The minimum Gasteiger partial charge on any atom is -0.480 e. The van der Waals surface area contributed by atoms with Gasteiger partial charge in [0.2, 0.25) is 5.91 Å². The molecular weight excluding hydrogens is 232 g/mol. The third-order valence-electron chi connectivity index (χ3n) is 2.64. The van der Waals surface area contributed by atoms with Crippen LogP contribution in [0, 0.1) is 0 Å². The number of hydrogen-bond donors (Lipinski definition) is 1. The number of carboxylic acids is 1. The molecule has 0 bridgehead atoms. The van der Waals surface area contributed by atoms with E-state index in [0.717, 1.165) is 0 Å². The average Bonchev–Trinajstić information content (AvgIpc) is 2.28. The Kier molecular flexibility index (Phi) is 7.71. The smallest absolute Gasteiger partial charge is 0.320 e. The lowest BCUT2D eigenvalue weighted by Gasteiger charge is -2.26. The third kappa shape index (κ3) is 5.14. The Bertz CT molecular complexity index is 305. The summed E-state index contributed by atoms with van der Waals surface area (Å²) in [7, 11) is 1.64. The summed E-state index contributed by atoms with van der Waals surface area (Å²) in [5.74, 6) is -1.04. The van der Waals surface area contributed by atoms with Gasteiger partial charge in [0, 0.05) is 13.1 Å². The summed E-state index contributed by atoms with van der Waals surface area (Å²) in [5.41, 5.74) is 0. The van der Waals surface area contributed by atoms with E-state index < -0.39 is 12.0 Å². The maximum atomic E-state index is 12.0. The van der Waals surface area contributed by atoms with Gasteiger partial charge in [-0.15, -0.1) is 13.2 Å². The quantitative estimate of drug-likeness (QED) is 0.623. The van der Waals surface area contributed by atoms with Gasteiger partial charge in [-0.25, -0.2) is 0 Å². The van der Waals surface area contributed by atoms with Gasteiger partial charge in [-0.1, -0.05) is 19.1 Å². The summed E-state index contributed by atoms with van der Waals surface area (Å²) in [4.78, 5) is 26.1. The molecule has 0 aliphatic heterocycles. The molecule has 5 nitrogen and oxygen atoms in total. The molecule has 0 aromatic carbocycles. The monoisotopic (exact) mass is 254 g/mol. The van der Waals surface area contributed by atoms with Crippen LogP contribution in [0.3, 0.4) is 0 Å². The highest BCUT2D eigenvalue weighted by molar-refractivity contribution is 5.80. The van der Waals surface area contributed by atoms with E-state index in [1.165, 1.54) is 0 Å². The van der Waals surface area contributed by atoms with Crippen LogP contribution >= 0.6 is 0 Å². The highest BCUT2D eigenvalue weighted by Crippen LogP contribution is 2.03. The van der Waals surface area contributed by atoms with Gasteiger partial charge in [-0.3, -0.25) is 14.5 Å². The van der Waals surface area contributed by atoms with Gasteiger partial charge < -0.3 is 10.0 Å². The Balaban J connectivity index is 4.55. The maximum Gasteiger partial charge on any atom is 0.320 e. The molecule has 0 radical (unpaired) electrons. The second kappa shape index (κ2) is 8.47. The summed E-state index contributed by atoms with van der Waals surface area (Å²) in [6.45, 7) is 9.90. The standard InChI is InChI=1S/C13H22N2O3/c1-5-8-15(9-6-2)12(16)10-14(4)11(7-3)13(17)18/h5-6,11H,1-2,7-10H2,3-4H3,(H,17,18). The fourth-order valence-corrected chi connectivity index (χ4v) is 1.69. The van der Waals surface area contributed by atoms with Crippen LogP contribution in [0.5, 0.6) is 0 Å². The Morgan fingerprint density at radius 3 is 2.11 bits per heavy atom. The molecule has 18 heavy (non-hydrogen) atoms. The number of aliphatic carboxylic acids is 1. The predicted octanol–water partition coefficient (Wildman–Crippen LogP) is 0.982. The van der Waals surface area contributed by atoms with Crippen molar-refractivity contribution in [3.8, 4) is 0 Å². The van der Waals surface area contributed by atoms with E-state index in [9.17, 15) is 9.59 Å². The van der Waals surface area contributed by atoms with Gasteiger partial charge in [0.25, 0.3) is 0 Å².